The summed E-state index contributed by atoms with van der Waals surface area (Å²) in [7, 11) is 2.98. The van der Waals surface area contributed by atoms with Crippen molar-refractivity contribution in [3.8, 4) is 5.75 Å². The van der Waals surface area contributed by atoms with E-state index in [1.165, 1.54) is 14.2 Å². The summed E-state index contributed by atoms with van der Waals surface area (Å²) in [5.41, 5.74) is 0.685. The number of carboxylic acids is 1. The van der Waals surface area contributed by atoms with Crippen LogP contribution in [0.1, 0.15) is 15.9 Å². The Morgan fingerprint density at radius 3 is 2.62 bits per heavy atom. The molecule has 0 aliphatic carbocycles. The zero-order valence-corrected chi connectivity index (χ0v) is 9.23. The minimum Gasteiger partial charge on any atom is -0.478 e. The van der Waals surface area contributed by atoms with Crippen LogP contribution in [-0.2, 0) is 16.1 Å². The molecule has 0 bridgehead atoms. The van der Waals surface area contributed by atoms with E-state index in [0.717, 1.165) is 0 Å². The highest BCUT2D eigenvalue weighted by molar-refractivity contribution is 5.92. The van der Waals surface area contributed by atoms with Crippen LogP contribution in [0.25, 0.3) is 0 Å². The van der Waals surface area contributed by atoms with E-state index in [2.05, 4.69) is 0 Å². The van der Waals surface area contributed by atoms with Crippen molar-refractivity contribution in [2.45, 2.75) is 6.61 Å². The second-order valence-corrected chi connectivity index (χ2v) is 3.08. The lowest BCUT2D eigenvalue weighted by atomic mass is 10.1. The average Bonchev–Trinajstić information content (AvgIpc) is 2.26. The molecule has 5 heteroatoms. The van der Waals surface area contributed by atoms with E-state index in [0.29, 0.717) is 5.56 Å². The van der Waals surface area contributed by atoms with Crippen LogP contribution < -0.4 is 4.74 Å². The Morgan fingerprint density at radius 1 is 1.31 bits per heavy atom. The molecule has 1 rings (SSSR count). The number of benzene rings is 1. The first-order valence-electron chi connectivity index (χ1n) is 4.66. The zero-order valence-electron chi connectivity index (χ0n) is 9.23. The van der Waals surface area contributed by atoms with Crippen molar-refractivity contribution in [2.75, 3.05) is 21.0 Å². The van der Waals surface area contributed by atoms with Gasteiger partial charge in [-0.2, -0.15) is 0 Å². The van der Waals surface area contributed by atoms with Gasteiger partial charge >= 0.3 is 5.97 Å². The summed E-state index contributed by atoms with van der Waals surface area (Å²) in [5, 5.41) is 9.10. The summed E-state index contributed by atoms with van der Waals surface area (Å²) in [4.78, 5) is 11.1. The first kappa shape index (κ1) is 12.5. The Balaban J connectivity index is 3.05. The highest BCUT2D eigenvalue weighted by Crippen LogP contribution is 2.23. The van der Waals surface area contributed by atoms with Crippen LogP contribution in [0.15, 0.2) is 18.2 Å². The maximum Gasteiger partial charge on any atom is 0.339 e. The van der Waals surface area contributed by atoms with Gasteiger partial charge in [0.2, 0.25) is 0 Å². The van der Waals surface area contributed by atoms with E-state index in [9.17, 15) is 4.79 Å². The smallest absolute Gasteiger partial charge is 0.339 e. The number of hydrogen-bond acceptors (Lipinski definition) is 4. The standard InChI is InChI=1S/C11H14O5/c1-14-6-8-4-3-5-9(16-7-15-2)10(8)11(12)13/h3-5H,6-7H2,1-2H3,(H,12,13). The summed E-state index contributed by atoms with van der Waals surface area (Å²) in [6.07, 6.45) is 0. The number of hydrogen-bond donors (Lipinski definition) is 1. The number of carbonyl (C=O) groups is 1. The molecule has 88 valence electrons. The fraction of sp³-hybridized carbons (Fsp3) is 0.364. The van der Waals surface area contributed by atoms with Gasteiger partial charge in [-0.05, 0) is 11.6 Å². The molecule has 5 nitrogen and oxygen atoms in total. The monoisotopic (exact) mass is 226 g/mol. The molecule has 0 atom stereocenters. The molecule has 0 saturated carbocycles. The zero-order chi connectivity index (χ0) is 12.0. The van der Waals surface area contributed by atoms with Crippen LogP contribution in [0.3, 0.4) is 0 Å². The topological polar surface area (TPSA) is 65.0 Å². The van der Waals surface area contributed by atoms with Gasteiger partial charge in [0.05, 0.1) is 6.61 Å². The van der Waals surface area contributed by atoms with Gasteiger partial charge in [0.15, 0.2) is 6.79 Å². The predicted molar refractivity (Wildman–Crippen MR) is 56.6 cm³/mol. The number of carboxylic acid groups (broad SMARTS) is 1. The highest BCUT2D eigenvalue weighted by atomic mass is 16.7. The number of methoxy groups -OCH3 is 2. The third-order valence-corrected chi connectivity index (χ3v) is 1.96. The van der Waals surface area contributed by atoms with Gasteiger partial charge in [0, 0.05) is 14.2 Å². The van der Waals surface area contributed by atoms with Crippen molar-refractivity contribution in [2.24, 2.45) is 0 Å². The Labute approximate surface area is 93.6 Å². The maximum absolute atomic E-state index is 11.1. The second kappa shape index (κ2) is 6.09. The van der Waals surface area contributed by atoms with Crippen LogP contribution in [0.5, 0.6) is 5.75 Å². The number of rotatable bonds is 6. The van der Waals surface area contributed by atoms with Gasteiger partial charge < -0.3 is 19.3 Å². The summed E-state index contributed by atoms with van der Waals surface area (Å²) < 4.78 is 14.8. The Morgan fingerprint density at radius 2 is 2.06 bits per heavy atom. The van der Waals surface area contributed by atoms with Gasteiger partial charge in [-0.15, -0.1) is 0 Å². The Bertz CT molecular complexity index is 361. The fourth-order valence-electron chi connectivity index (χ4n) is 1.34. The van der Waals surface area contributed by atoms with Gasteiger partial charge in [-0.25, -0.2) is 4.79 Å². The third-order valence-electron chi connectivity index (χ3n) is 1.96. The molecule has 0 spiro atoms. The second-order valence-electron chi connectivity index (χ2n) is 3.08. The van der Waals surface area contributed by atoms with Crippen LogP contribution in [0.4, 0.5) is 0 Å². The van der Waals surface area contributed by atoms with E-state index in [4.69, 9.17) is 19.3 Å². The molecule has 0 heterocycles. The van der Waals surface area contributed by atoms with Gasteiger partial charge in [0.25, 0.3) is 0 Å². The molecule has 1 aromatic rings. The molecular formula is C11H14O5. The third kappa shape index (κ3) is 2.95. The molecule has 0 radical (unpaired) electrons. The largest absolute Gasteiger partial charge is 0.478 e. The van der Waals surface area contributed by atoms with Crippen LogP contribution in [-0.4, -0.2) is 32.1 Å². The molecule has 0 saturated heterocycles. The van der Waals surface area contributed by atoms with Crippen molar-refractivity contribution in [1.82, 2.24) is 0 Å². The van der Waals surface area contributed by atoms with E-state index in [1.54, 1.807) is 18.2 Å². The average molecular weight is 226 g/mol. The number of aromatic carboxylic acids is 1. The normalized spacial score (nSPS) is 10.1. The fourth-order valence-corrected chi connectivity index (χ4v) is 1.34. The molecule has 0 unspecified atom stereocenters. The SMILES string of the molecule is COCOc1cccc(COC)c1C(=O)O. The predicted octanol–water partition coefficient (Wildman–Crippen LogP) is 1.51. The lowest BCUT2D eigenvalue weighted by Crippen LogP contribution is -2.09. The molecule has 1 N–H and O–H groups in total. The minimum atomic E-state index is -1.04. The van der Waals surface area contributed by atoms with Crippen molar-refractivity contribution in [3.63, 3.8) is 0 Å². The molecule has 0 aromatic heterocycles. The van der Waals surface area contributed by atoms with Gasteiger partial charge in [-0.3, -0.25) is 0 Å². The first-order valence-corrected chi connectivity index (χ1v) is 4.66. The van der Waals surface area contributed by atoms with E-state index >= 15 is 0 Å². The van der Waals surface area contributed by atoms with E-state index < -0.39 is 5.97 Å². The maximum atomic E-state index is 11.1. The molecule has 0 amide bonds. The summed E-state index contributed by atoms with van der Waals surface area (Å²) in [6.45, 7) is 0.239. The van der Waals surface area contributed by atoms with Crippen LogP contribution >= 0.6 is 0 Å². The van der Waals surface area contributed by atoms with E-state index in [1.807, 2.05) is 0 Å². The highest BCUT2D eigenvalue weighted by Gasteiger charge is 2.16. The molecule has 0 aliphatic rings. The molecule has 1 aromatic carbocycles. The first-order chi connectivity index (χ1) is 7.70. The summed E-state index contributed by atoms with van der Waals surface area (Å²) in [6, 6.07) is 4.99. The Kier molecular flexibility index (Phi) is 4.75. The molecule has 0 fully saturated rings. The van der Waals surface area contributed by atoms with Gasteiger partial charge in [0.1, 0.15) is 11.3 Å². The summed E-state index contributed by atoms with van der Waals surface area (Å²) in [5.74, 6) is -0.761. The molecular weight excluding hydrogens is 212 g/mol. The van der Waals surface area contributed by atoms with Crippen LogP contribution in [0.2, 0.25) is 0 Å². The van der Waals surface area contributed by atoms with Crippen molar-refractivity contribution in [1.29, 1.82) is 0 Å². The van der Waals surface area contributed by atoms with Crippen molar-refractivity contribution in [3.05, 3.63) is 29.3 Å². The van der Waals surface area contributed by atoms with E-state index in [-0.39, 0.29) is 24.7 Å². The van der Waals surface area contributed by atoms with Crippen molar-refractivity contribution < 1.29 is 24.1 Å². The summed E-state index contributed by atoms with van der Waals surface area (Å²) >= 11 is 0. The quantitative estimate of drug-likeness (QED) is 0.745. The van der Waals surface area contributed by atoms with Gasteiger partial charge in [-0.1, -0.05) is 12.1 Å². The lowest BCUT2D eigenvalue weighted by molar-refractivity contribution is 0.0480. The van der Waals surface area contributed by atoms with Crippen molar-refractivity contribution >= 4 is 5.97 Å². The number of ether oxygens (including phenoxy) is 3. The molecule has 16 heavy (non-hydrogen) atoms. The Hall–Kier alpha value is -1.59. The lowest BCUT2D eigenvalue weighted by Gasteiger charge is -2.11. The van der Waals surface area contributed by atoms with Crippen LogP contribution in [0, 0.1) is 0 Å². The molecule has 0 aliphatic heterocycles. The minimum absolute atomic E-state index is 0.0106.